The van der Waals surface area contributed by atoms with Gasteiger partial charge in [-0.2, -0.15) is 14.6 Å². The van der Waals surface area contributed by atoms with Gasteiger partial charge < -0.3 is 4.98 Å². The Labute approximate surface area is 97.1 Å². The zero-order chi connectivity index (χ0) is 12.0. The van der Waals surface area contributed by atoms with Crippen LogP contribution in [0.4, 0.5) is 0 Å². The van der Waals surface area contributed by atoms with E-state index in [0.29, 0.717) is 17.1 Å². The van der Waals surface area contributed by atoms with E-state index in [2.05, 4.69) is 35.0 Å². The molecule has 0 saturated carbocycles. The average molecular weight is 228 g/mol. The van der Waals surface area contributed by atoms with Gasteiger partial charge in [0.15, 0.2) is 0 Å². The summed E-state index contributed by atoms with van der Waals surface area (Å²) in [6.07, 6.45) is 1.50. The number of aromatic nitrogens is 4. The fourth-order valence-electron chi connectivity index (χ4n) is 1.95. The first-order chi connectivity index (χ1) is 8.16. The highest BCUT2D eigenvalue weighted by Gasteiger charge is 2.08. The summed E-state index contributed by atoms with van der Waals surface area (Å²) in [5.41, 5.74) is 2.26. The number of nitrogens with one attached hydrogen (secondary N) is 1. The third-order valence-electron chi connectivity index (χ3n) is 2.93. The normalized spacial score (nSPS) is 11.7. The number of fused-ring (bicyclic) bond motifs is 3. The molecule has 1 N–H and O–H groups in total. The highest BCUT2D eigenvalue weighted by Crippen LogP contribution is 2.21. The maximum absolute atomic E-state index is 11.6. The molecule has 0 radical (unpaired) electrons. The van der Waals surface area contributed by atoms with E-state index >= 15 is 0 Å². The van der Waals surface area contributed by atoms with Crippen LogP contribution in [0.15, 0.2) is 29.3 Å². The second-order valence-corrected chi connectivity index (χ2v) is 4.37. The van der Waals surface area contributed by atoms with E-state index in [1.807, 2.05) is 12.1 Å². The molecule has 5 heteroatoms. The van der Waals surface area contributed by atoms with E-state index in [-0.39, 0.29) is 5.69 Å². The van der Waals surface area contributed by atoms with Crippen LogP contribution in [0.2, 0.25) is 0 Å². The van der Waals surface area contributed by atoms with Crippen molar-refractivity contribution in [1.29, 1.82) is 0 Å². The number of H-pyrrole nitrogens is 1. The van der Waals surface area contributed by atoms with Gasteiger partial charge in [-0.3, -0.25) is 0 Å². The third kappa shape index (κ3) is 1.43. The van der Waals surface area contributed by atoms with E-state index < -0.39 is 0 Å². The molecule has 2 heterocycles. The van der Waals surface area contributed by atoms with Gasteiger partial charge in [-0.25, -0.2) is 4.79 Å². The quantitative estimate of drug-likeness (QED) is 0.689. The zero-order valence-electron chi connectivity index (χ0n) is 9.64. The topological polar surface area (TPSA) is 63.1 Å². The van der Waals surface area contributed by atoms with Gasteiger partial charge in [0.05, 0.1) is 5.52 Å². The van der Waals surface area contributed by atoms with Crippen molar-refractivity contribution in [3.05, 3.63) is 40.6 Å². The second kappa shape index (κ2) is 3.41. The number of aromatic amines is 1. The van der Waals surface area contributed by atoms with Gasteiger partial charge in [0.2, 0.25) is 0 Å². The molecular formula is C12H12N4O. The highest BCUT2D eigenvalue weighted by atomic mass is 16.1. The molecule has 2 aromatic heterocycles. The summed E-state index contributed by atoms with van der Waals surface area (Å²) < 4.78 is 1.28. The molecule has 86 valence electrons. The average Bonchev–Trinajstić information content (AvgIpc) is 2.78. The smallest absolute Gasteiger partial charge is 0.329 e. The maximum atomic E-state index is 11.6. The summed E-state index contributed by atoms with van der Waals surface area (Å²) in [5.74, 6) is 0.439. The van der Waals surface area contributed by atoms with Crippen molar-refractivity contribution >= 4 is 16.6 Å². The van der Waals surface area contributed by atoms with Gasteiger partial charge in [-0.05, 0) is 23.6 Å². The minimum Gasteiger partial charge on any atom is -0.329 e. The van der Waals surface area contributed by atoms with Crippen molar-refractivity contribution in [3.8, 4) is 0 Å². The molecule has 17 heavy (non-hydrogen) atoms. The SMILES string of the molecule is CC(C)c1ccc2nc(=O)n3nc[nH]c3c2c1. The summed E-state index contributed by atoms with van der Waals surface area (Å²) >= 11 is 0. The molecular weight excluding hydrogens is 216 g/mol. The van der Waals surface area contributed by atoms with E-state index in [0.717, 1.165) is 5.39 Å². The molecule has 3 aromatic rings. The van der Waals surface area contributed by atoms with E-state index in [1.165, 1.54) is 16.4 Å². The summed E-state index contributed by atoms with van der Waals surface area (Å²) in [6.45, 7) is 4.27. The van der Waals surface area contributed by atoms with Gasteiger partial charge in [-0.15, -0.1) is 0 Å². The Morgan fingerprint density at radius 3 is 2.94 bits per heavy atom. The molecule has 0 saturated heterocycles. The van der Waals surface area contributed by atoms with Crippen LogP contribution in [0, 0.1) is 0 Å². The van der Waals surface area contributed by atoms with E-state index in [9.17, 15) is 4.79 Å². The second-order valence-electron chi connectivity index (χ2n) is 4.37. The van der Waals surface area contributed by atoms with E-state index in [1.54, 1.807) is 0 Å². The van der Waals surface area contributed by atoms with Crippen molar-refractivity contribution in [3.63, 3.8) is 0 Å². The first-order valence-electron chi connectivity index (χ1n) is 5.53. The minimum absolute atomic E-state index is 0.356. The highest BCUT2D eigenvalue weighted by molar-refractivity contribution is 5.91. The summed E-state index contributed by atoms with van der Waals surface area (Å²) in [5, 5.41) is 4.85. The van der Waals surface area contributed by atoms with Gasteiger partial charge in [0.1, 0.15) is 12.0 Å². The Balaban J connectivity index is 2.49. The van der Waals surface area contributed by atoms with Crippen molar-refractivity contribution < 1.29 is 0 Å². The van der Waals surface area contributed by atoms with Crippen LogP contribution in [0.3, 0.4) is 0 Å². The summed E-state index contributed by atoms with van der Waals surface area (Å²) in [6, 6.07) is 5.94. The molecule has 0 atom stereocenters. The number of benzene rings is 1. The predicted octanol–water partition coefficient (Wildman–Crippen LogP) is 1.69. The van der Waals surface area contributed by atoms with Crippen LogP contribution in [-0.4, -0.2) is 19.6 Å². The fourth-order valence-corrected chi connectivity index (χ4v) is 1.95. The summed E-state index contributed by atoms with van der Waals surface area (Å²) in [4.78, 5) is 18.6. The Morgan fingerprint density at radius 2 is 2.18 bits per heavy atom. The number of hydrogen-bond acceptors (Lipinski definition) is 3. The van der Waals surface area contributed by atoms with Crippen LogP contribution in [0.25, 0.3) is 16.6 Å². The van der Waals surface area contributed by atoms with Crippen LogP contribution < -0.4 is 5.69 Å². The van der Waals surface area contributed by atoms with Gasteiger partial charge in [-0.1, -0.05) is 19.9 Å². The lowest BCUT2D eigenvalue weighted by Crippen LogP contribution is -2.17. The molecule has 3 rings (SSSR count). The molecule has 1 aromatic carbocycles. The molecule has 0 spiro atoms. The van der Waals surface area contributed by atoms with E-state index in [4.69, 9.17) is 0 Å². The Bertz CT molecular complexity index is 754. The monoisotopic (exact) mass is 228 g/mol. The predicted molar refractivity (Wildman–Crippen MR) is 65.2 cm³/mol. The van der Waals surface area contributed by atoms with Crippen LogP contribution in [-0.2, 0) is 0 Å². The Kier molecular flexibility index (Phi) is 2.01. The molecule has 0 unspecified atom stereocenters. The maximum Gasteiger partial charge on any atom is 0.370 e. The van der Waals surface area contributed by atoms with Crippen molar-refractivity contribution in [2.75, 3.05) is 0 Å². The zero-order valence-corrected chi connectivity index (χ0v) is 9.64. The molecule has 0 aliphatic carbocycles. The number of rotatable bonds is 1. The standard InChI is InChI=1S/C12H12N4O/c1-7(2)8-3-4-10-9(5-8)11-13-6-14-16(11)12(17)15-10/h3-7H,1-2H3,(H,13,14). The van der Waals surface area contributed by atoms with Crippen LogP contribution >= 0.6 is 0 Å². The van der Waals surface area contributed by atoms with Crippen molar-refractivity contribution in [2.45, 2.75) is 19.8 Å². The lowest BCUT2D eigenvalue weighted by Gasteiger charge is -2.06. The van der Waals surface area contributed by atoms with Crippen LogP contribution in [0.5, 0.6) is 0 Å². The van der Waals surface area contributed by atoms with Gasteiger partial charge in [0, 0.05) is 5.39 Å². The fraction of sp³-hybridized carbons (Fsp3) is 0.250. The first kappa shape index (κ1) is 10.0. The summed E-state index contributed by atoms with van der Waals surface area (Å²) in [7, 11) is 0. The Hall–Kier alpha value is -2.17. The molecule has 0 bridgehead atoms. The lowest BCUT2D eigenvalue weighted by atomic mass is 10.0. The van der Waals surface area contributed by atoms with Crippen molar-refractivity contribution in [1.82, 2.24) is 19.6 Å². The Morgan fingerprint density at radius 1 is 1.35 bits per heavy atom. The van der Waals surface area contributed by atoms with Gasteiger partial charge >= 0.3 is 5.69 Å². The lowest BCUT2D eigenvalue weighted by molar-refractivity contribution is 0.864. The van der Waals surface area contributed by atoms with Crippen molar-refractivity contribution in [2.24, 2.45) is 0 Å². The molecule has 0 fully saturated rings. The largest absolute Gasteiger partial charge is 0.370 e. The molecule has 0 amide bonds. The van der Waals surface area contributed by atoms with Crippen LogP contribution in [0.1, 0.15) is 25.3 Å². The number of hydrogen-bond donors (Lipinski definition) is 1. The third-order valence-corrected chi connectivity index (χ3v) is 2.93. The van der Waals surface area contributed by atoms with Gasteiger partial charge in [0.25, 0.3) is 0 Å². The first-order valence-corrected chi connectivity index (χ1v) is 5.53. The molecule has 0 aliphatic rings. The molecule has 5 nitrogen and oxygen atoms in total. The molecule has 0 aliphatic heterocycles. The minimum atomic E-state index is -0.356. The number of nitrogens with zero attached hydrogens (tertiary/aromatic N) is 3.